The van der Waals surface area contributed by atoms with Crippen LogP contribution in [0.2, 0.25) is 0 Å². The average Bonchev–Trinajstić information content (AvgIpc) is 2.55. The molecule has 0 aliphatic rings. The third-order valence-electron chi connectivity index (χ3n) is 3.03. The number of halogens is 1. The van der Waals surface area contributed by atoms with E-state index in [2.05, 4.69) is 26.2 Å². The van der Waals surface area contributed by atoms with Gasteiger partial charge in [0, 0.05) is 0 Å². The summed E-state index contributed by atoms with van der Waals surface area (Å²) in [5.41, 5.74) is 6.88. The molecule has 2 rings (SSSR count). The molecule has 1 aromatic carbocycles. The SMILES string of the molecule is C[C@@H](NC(=O)c1nc(Br)ccc1N)C(=O)OCc1ccccc1. The number of pyridine rings is 1. The van der Waals surface area contributed by atoms with Crippen LogP contribution in [0.3, 0.4) is 0 Å². The number of carbonyl (C=O) groups excluding carboxylic acids is 2. The highest BCUT2D eigenvalue weighted by Gasteiger charge is 2.20. The van der Waals surface area contributed by atoms with Gasteiger partial charge in [-0.25, -0.2) is 9.78 Å². The van der Waals surface area contributed by atoms with Crippen LogP contribution in [0.4, 0.5) is 5.69 Å². The molecule has 0 radical (unpaired) electrons. The summed E-state index contributed by atoms with van der Waals surface area (Å²) in [6, 6.07) is 11.7. The molecule has 1 heterocycles. The van der Waals surface area contributed by atoms with Crippen LogP contribution in [0.15, 0.2) is 47.1 Å². The molecule has 2 aromatic rings. The molecule has 0 aliphatic heterocycles. The Balaban J connectivity index is 1.92. The predicted octanol–water partition coefficient (Wildman–Crippen LogP) is 2.29. The molecule has 0 unspecified atom stereocenters. The minimum atomic E-state index is -0.814. The topological polar surface area (TPSA) is 94.3 Å². The van der Waals surface area contributed by atoms with Crippen molar-refractivity contribution in [1.29, 1.82) is 0 Å². The fourth-order valence-electron chi connectivity index (χ4n) is 1.81. The highest BCUT2D eigenvalue weighted by atomic mass is 79.9. The molecular formula is C16H16BrN3O3. The number of hydrogen-bond donors (Lipinski definition) is 2. The van der Waals surface area contributed by atoms with E-state index in [-0.39, 0.29) is 18.0 Å². The summed E-state index contributed by atoms with van der Waals surface area (Å²) in [6.45, 7) is 1.69. The van der Waals surface area contributed by atoms with E-state index in [1.54, 1.807) is 19.1 Å². The number of ether oxygens (including phenoxy) is 1. The fourth-order valence-corrected chi connectivity index (χ4v) is 2.12. The highest BCUT2D eigenvalue weighted by molar-refractivity contribution is 9.10. The van der Waals surface area contributed by atoms with Gasteiger partial charge in [-0.2, -0.15) is 0 Å². The maximum atomic E-state index is 12.1. The van der Waals surface area contributed by atoms with Crippen molar-refractivity contribution in [3.63, 3.8) is 0 Å². The van der Waals surface area contributed by atoms with Crippen LogP contribution in [0.25, 0.3) is 0 Å². The van der Waals surface area contributed by atoms with Gasteiger partial charge >= 0.3 is 5.97 Å². The number of nitrogens with one attached hydrogen (secondary N) is 1. The van der Waals surface area contributed by atoms with Crippen molar-refractivity contribution >= 4 is 33.5 Å². The van der Waals surface area contributed by atoms with Gasteiger partial charge in [-0.1, -0.05) is 30.3 Å². The second-order valence-corrected chi connectivity index (χ2v) is 5.67. The summed E-state index contributed by atoms with van der Waals surface area (Å²) >= 11 is 3.17. The number of anilines is 1. The lowest BCUT2D eigenvalue weighted by Gasteiger charge is -2.14. The Morgan fingerprint density at radius 1 is 1.26 bits per heavy atom. The van der Waals surface area contributed by atoms with Crippen molar-refractivity contribution in [1.82, 2.24) is 10.3 Å². The summed E-state index contributed by atoms with van der Waals surface area (Å²) in [6.07, 6.45) is 0. The van der Waals surface area contributed by atoms with Gasteiger partial charge in [0.25, 0.3) is 5.91 Å². The molecule has 6 nitrogen and oxygen atoms in total. The first-order chi connectivity index (χ1) is 11.0. The molecule has 1 aromatic heterocycles. The monoisotopic (exact) mass is 377 g/mol. The van der Waals surface area contributed by atoms with E-state index in [9.17, 15) is 9.59 Å². The summed E-state index contributed by atoms with van der Waals surface area (Å²) in [4.78, 5) is 28.1. The Bertz CT molecular complexity index is 707. The van der Waals surface area contributed by atoms with Crippen molar-refractivity contribution in [2.45, 2.75) is 19.6 Å². The number of nitrogen functional groups attached to an aromatic ring is 1. The predicted molar refractivity (Wildman–Crippen MR) is 89.5 cm³/mol. The molecule has 0 saturated carbocycles. The molecule has 120 valence electrons. The molecule has 3 N–H and O–H groups in total. The van der Waals surface area contributed by atoms with Gasteiger partial charge in [-0.3, -0.25) is 4.79 Å². The Morgan fingerprint density at radius 2 is 1.96 bits per heavy atom. The normalized spacial score (nSPS) is 11.6. The van der Waals surface area contributed by atoms with Crippen LogP contribution in [0, 0.1) is 0 Å². The van der Waals surface area contributed by atoms with Crippen LogP contribution in [0.1, 0.15) is 23.0 Å². The van der Waals surface area contributed by atoms with Crippen molar-refractivity contribution in [3.05, 3.63) is 58.3 Å². The number of nitrogens with zero attached hydrogens (tertiary/aromatic N) is 1. The maximum Gasteiger partial charge on any atom is 0.328 e. The molecule has 0 fully saturated rings. The zero-order valence-electron chi connectivity index (χ0n) is 12.5. The second kappa shape index (κ2) is 7.73. The Kier molecular flexibility index (Phi) is 5.70. The summed E-state index contributed by atoms with van der Waals surface area (Å²) < 4.78 is 5.65. The number of esters is 1. The zero-order chi connectivity index (χ0) is 16.8. The number of hydrogen-bond acceptors (Lipinski definition) is 5. The first-order valence-electron chi connectivity index (χ1n) is 6.91. The van der Waals surface area contributed by atoms with E-state index in [1.807, 2.05) is 30.3 Å². The molecule has 0 bridgehead atoms. The molecule has 1 atom stereocenters. The molecular weight excluding hydrogens is 362 g/mol. The van der Waals surface area contributed by atoms with Gasteiger partial charge in [0.05, 0.1) is 5.69 Å². The third-order valence-corrected chi connectivity index (χ3v) is 3.47. The van der Waals surface area contributed by atoms with Crippen LogP contribution in [0.5, 0.6) is 0 Å². The maximum absolute atomic E-state index is 12.1. The highest BCUT2D eigenvalue weighted by Crippen LogP contribution is 2.14. The summed E-state index contributed by atoms with van der Waals surface area (Å²) in [5, 5.41) is 2.52. The number of carbonyl (C=O) groups is 2. The number of amides is 1. The quantitative estimate of drug-likeness (QED) is 0.615. The van der Waals surface area contributed by atoms with Crippen LogP contribution in [-0.4, -0.2) is 22.9 Å². The van der Waals surface area contributed by atoms with Crippen molar-refractivity contribution in [3.8, 4) is 0 Å². The van der Waals surface area contributed by atoms with Crippen molar-refractivity contribution in [2.75, 3.05) is 5.73 Å². The van der Waals surface area contributed by atoms with E-state index in [4.69, 9.17) is 10.5 Å². The Labute approximate surface area is 142 Å². The van der Waals surface area contributed by atoms with Crippen LogP contribution in [-0.2, 0) is 16.1 Å². The summed E-state index contributed by atoms with van der Waals surface area (Å²) in [7, 11) is 0. The van der Waals surface area contributed by atoms with E-state index < -0.39 is 17.9 Å². The lowest BCUT2D eigenvalue weighted by Crippen LogP contribution is -2.40. The lowest BCUT2D eigenvalue weighted by atomic mass is 10.2. The van der Waals surface area contributed by atoms with Gasteiger partial charge in [-0.05, 0) is 40.5 Å². The fraction of sp³-hybridized carbons (Fsp3) is 0.188. The molecule has 0 saturated heterocycles. The van der Waals surface area contributed by atoms with E-state index in [0.717, 1.165) is 5.56 Å². The van der Waals surface area contributed by atoms with Gasteiger partial charge < -0.3 is 15.8 Å². The van der Waals surface area contributed by atoms with Gasteiger partial charge in [-0.15, -0.1) is 0 Å². The molecule has 0 spiro atoms. The van der Waals surface area contributed by atoms with Crippen LogP contribution >= 0.6 is 15.9 Å². The van der Waals surface area contributed by atoms with Gasteiger partial charge in [0.15, 0.2) is 5.69 Å². The lowest BCUT2D eigenvalue weighted by molar-refractivity contribution is -0.146. The Hall–Kier alpha value is -2.41. The van der Waals surface area contributed by atoms with Gasteiger partial charge in [0.2, 0.25) is 0 Å². The number of rotatable bonds is 5. The molecule has 23 heavy (non-hydrogen) atoms. The molecule has 7 heteroatoms. The number of aromatic nitrogens is 1. The number of nitrogens with two attached hydrogens (primary N) is 1. The van der Waals surface area contributed by atoms with Crippen molar-refractivity contribution < 1.29 is 14.3 Å². The Morgan fingerprint density at radius 3 is 2.65 bits per heavy atom. The summed E-state index contributed by atoms with van der Waals surface area (Å²) in [5.74, 6) is -1.07. The minimum Gasteiger partial charge on any atom is -0.459 e. The first kappa shape index (κ1) is 17.0. The van der Waals surface area contributed by atoms with Gasteiger partial charge in [0.1, 0.15) is 17.3 Å². The second-order valence-electron chi connectivity index (χ2n) is 4.86. The largest absolute Gasteiger partial charge is 0.459 e. The average molecular weight is 378 g/mol. The first-order valence-corrected chi connectivity index (χ1v) is 7.70. The standard InChI is InChI=1S/C16H16BrN3O3/c1-10(16(22)23-9-11-5-3-2-4-6-11)19-15(21)14-12(18)7-8-13(17)20-14/h2-8,10H,9,18H2,1H3,(H,19,21)/t10-/m1/s1. The van der Waals surface area contributed by atoms with Crippen molar-refractivity contribution in [2.24, 2.45) is 0 Å². The van der Waals surface area contributed by atoms with Crippen LogP contribution < -0.4 is 11.1 Å². The smallest absolute Gasteiger partial charge is 0.328 e. The number of benzene rings is 1. The van der Waals surface area contributed by atoms with E-state index in [1.165, 1.54) is 0 Å². The molecule has 0 aliphatic carbocycles. The van der Waals surface area contributed by atoms with E-state index in [0.29, 0.717) is 4.60 Å². The third kappa shape index (κ3) is 4.79. The minimum absolute atomic E-state index is 0.0575. The van der Waals surface area contributed by atoms with E-state index >= 15 is 0 Å². The molecule has 1 amide bonds. The zero-order valence-corrected chi connectivity index (χ0v) is 14.0.